The molecule has 16 heavy (non-hydrogen) atoms. The average molecular weight is 222 g/mol. The first-order valence-electron chi connectivity index (χ1n) is 5.60. The minimum absolute atomic E-state index is 0.336. The van der Waals surface area contributed by atoms with Gasteiger partial charge in [0.1, 0.15) is 0 Å². The molecule has 2 rings (SSSR count). The Morgan fingerprint density at radius 1 is 1.62 bits per heavy atom. The Balaban J connectivity index is 1.93. The van der Waals surface area contributed by atoms with Crippen LogP contribution in [0.15, 0.2) is 17.4 Å². The largest absolute Gasteiger partial charge is 0.411 e. The Hall–Kier alpha value is -1.36. The molecule has 1 unspecified atom stereocenters. The van der Waals surface area contributed by atoms with E-state index >= 15 is 0 Å². The van der Waals surface area contributed by atoms with Crippen molar-refractivity contribution in [3.63, 3.8) is 0 Å². The predicted octanol–water partition coefficient (Wildman–Crippen LogP) is 1.09. The van der Waals surface area contributed by atoms with Gasteiger partial charge in [-0.25, -0.2) is 0 Å². The zero-order valence-electron chi connectivity index (χ0n) is 9.80. The Kier molecular flexibility index (Phi) is 3.24. The third-order valence-electron chi connectivity index (χ3n) is 3.07. The molecule has 1 N–H and O–H groups in total. The Morgan fingerprint density at radius 3 is 3.00 bits per heavy atom. The molecule has 0 spiro atoms. The number of aromatic nitrogens is 2. The number of likely N-dealkylation sites (tertiary alicyclic amines) is 1. The van der Waals surface area contributed by atoms with Gasteiger partial charge in [-0.1, -0.05) is 12.1 Å². The number of aryl methyl sites for hydroxylation is 1. The minimum Gasteiger partial charge on any atom is -0.411 e. The highest BCUT2D eigenvalue weighted by molar-refractivity contribution is 5.86. The van der Waals surface area contributed by atoms with E-state index in [4.69, 9.17) is 5.21 Å². The molecular weight excluding hydrogens is 204 g/mol. The molecule has 1 aliphatic rings. The van der Waals surface area contributed by atoms with E-state index in [0.29, 0.717) is 5.92 Å². The van der Waals surface area contributed by atoms with Crippen LogP contribution < -0.4 is 0 Å². The summed E-state index contributed by atoms with van der Waals surface area (Å²) in [6, 6.07) is 2.04. The van der Waals surface area contributed by atoms with Crippen LogP contribution >= 0.6 is 0 Å². The van der Waals surface area contributed by atoms with Crippen molar-refractivity contribution in [1.82, 2.24) is 14.7 Å². The van der Waals surface area contributed by atoms with Crippen molar-refractivity contribution in [1.29, 1.82) is 0 Å². The summed E-state index contributed by atoms with van der Waals surface area (Å²) in [5, 5.41) is 16.5. The van der Waals surface area contributed by atoms with E-state index in [1.165, 1.54) is 0 Å². The SMILES string of the molecule is CC1CN(Cc2ccn(C)n2)CC/C1=N\O. The minimum atomic E-state index is 0.336. The first-order valence-corrected chi connectivity index (χ1v) is 5.60. The molecule has 0 saturated carbocycles. The van der Waals surface area contributed by atoms with Gasteiger partial charge in [-0.2, -0.15) is 5.10 Å². The molecule has 5 heteroatoms. The molecule has 0 amide bonds. The molecular formula is C11H18N4O. The van der Waals surface area contributed by atoms with E-state index in [9.17, 15) is 0 Å². The Bertz CT molecular complexity index is 385. The molecule has 1 fully saturated rings. The van der Waals surface area contributed by atoms with E-state index in [-0.39, 0.29) is 0 Å². The van der Waals surface area contributed by atoms with E-state index < -0.39 is 0 Å². The normalized spacial score (nSPS) is 25.1. The van der Waals surface area contributed by atoms with Crippen molar-refractivity contribution < 1.29 is 5.21 Å². The molecule has 0 aliphatic carbocycles. The van der Waals surface area contributed by atoms with Gasteiger partial charge < -0.3 is 5.21 Å². The molecule has 88 valence electrons. The van der Waals surface area contributed by atoms with Gasteiger partial charge in [-0.05, 0) is 6.07 Å². The number of rotatable bonds is 2. The summed E-state index contributed by atoms with van der Waals surface area (Å²) in [4.78, 5) is 2.35. The van der Waals surface area contributed by atoms with Gasteiger partial charge in [0.2, 0.25) is 0 Å². The third-order valence-corrected chi connectivity index (χ3v) is 3.07. The van der Waals surface area contributed by atoms with Crippen LogP contribution in [0.5, 0.6) is 0 Å². The van der Waals surface area contributed by atoms with E-state index in [1.807, 2.05) is 24.0 Å². The summed E-state index contributed by atoms with van der Waals surface area (Å²) in [5.74, 6) is 0.336. The Morgan fingerprint density at radius 2 is 2.44 bits per heavy atom. The van der Waals surface area contributed by atoms with Crippen LogP contribution in [-0.4, -0.2) is 38.7 Å². The monoisotopic (exact) mass is 222 g/mol. The highest BCUT2D eigenvalue weighted by atomic mass is 16.4. The van der Waals surface area contributed by atoms with Crippen molar-refractivity contribution in [2.45, 2.75) is 19.9 Å². The van der Waals surface area contributed by atoms with Crippen molar-refractivity contribution in [2.75, 3.05) is 13.1 Å². The summed E-state index contributed by atoms with van der Waals surface area (Å²) in [6.45, 7) is 4.86. The topological polar surface area (TPSA) is 53.7 Å². The molecule has 0 radical (unpaired) electrons. The van der Waals surface area contributed by atoms with Crippen LogP contribution in [0, 0.1) is 5.92 Å². The lowest BCUT2D eigenvalue weighted by molar-refractivity contribution is 0.226. The van der Waals surface area contributed by atoms with Gasteiger partial charge in [-0.15, -0.1) is 0 Å². The summed E-state index contributed by atoms with van der Waals surface area (Å²) < 4.78 is 1.82. The lowest BCUT2D eigenvalue weighted by Crippen LogP contribution is -2.39. The van der Waals surface area contributed by atoms with Gasteiger partial charge in [0.15, 0.2) is 0 Å². The van der Waals surface area contributed by atoms with E-state index in [1.54, 1.807) is 0 Å². The molecule has 1 saturated heterocycles. The highest BCUT2D eigenvalue weighted by Gasteiger charge is 2.22. The predicted molar refractivity (Wildman–Crippen MR) is 61.5 cm³/mol. The molecule has 0 aromatic carbocycles. The van der Waals surface area contributed by atoms with Crippen LogP contribution in [0.2, 0.25) is 0 Å². The van der Waals surface area contributed by atoms with Crippen LogP contribution in [-0.2, 0) is 13.6 Å². The van der Waals surface area contributed by atoms with Crippen molar-refractivity contribution in [3.8, 4) is 0 Å². The number of nitrogens with zero attached hydrogens (tertiary/aromatic N) is 4. The Labute approximate surface area is 95.4 Å². The first kappa shape index (κ1) is 11.1. The van der Waals surface area contributed by atoms with Gasteiger partial charge in [0.25, 0.3) is 0 Å². The van der Waals surface area contributed by atoms with E-state index in [0.717, 1.165) is 37.5 Å². The van der Waals surface area contributed by atoms with Crippen LogP contribution in [0.3, 0.4) is 0 Å². The maximum absolute atomic E-state index is 8.79. The summed E-state index contributed by atoms with van der Waals surface area (Å²) >= 11 is 0. The molecule has 0 bridgehead atoms. The van der Waals surface area contributed by atoms with Gasteiger partial charge in [-0.3, -0.25) is 9.58 Å². The van der Waals surface area contributed by atoms with Gasteiger partial charge in [0, 0.05) is 45.2 Å². The molecule has 5 nitrogen and oxygen atoms in total. The maximum Gasteiger partial charge on any atom is 0.0764 e. The molecule has 1 aromatic rings. The van der Waals surface area contributed by atoms with Gasteiger partial charge >= 0.3 is 0 Å². The summed E-state index contributed by atoms with van der Waals surface area (Å²) in [6.07, 6.45) is 2.81. The second-order valence-electron chi connectivity index (χ2n) is 4.46. The van der Waals surface area contributed by atoms with Crippen LogP contribution in [0.25, 0.3) is 0 Å². The fourth-order valence-corrected chi connectivity index (χ4v) is 2.17. The van der Waals surface area contributed by atoms with Crippen LogP contribution in [0.1, 0.15) is 19.0 Å². The molecule has 1 atom stereocenters. The first-order chi connectivity index (χ1) is 7.69. The fraction of sp³-hybridized carbons (Fsp3) is 0.636. The summed E-state index contributed by atoms with van der Waals surface area (Å²) in [7, 11) is 1.93. The van der Waals surface area contributed by atoms with Crippen LogP contribution in [0.4, 0.5) is 0 Å². The number of hydrogen-bond acceptors (Lipinski definition) is 4. The smallest absolute Gasteiger partial charge is 0.0764 e. The fourth-order valence-electron chi connectivity index (χ4n) is 2.17. The van der Waals surface area contributed by atoms with Crippen molar-refractivity contribution >= 4 is 5.71 Å². The number of oxime groups is 1. The average Bonchev–Trinajstić information content (AvgIpc) is 2.64. The lowest BCUT2D eigenvalue weighted by Gasteiger charge is -2.30. The van der Waals surface area contributed by atoms with Crippen molar-refractivity contribution in [3.05, 3.63) is 18.0 Å². The lowest BCUT2D eigenvalue weighted by atomic mass is 9.97. The zero-order chi connectivity index (χ0) is 11.5. The number of piperidine rings is 1. The molecule has 1 aliphatic heterocycles. The zero-order valence-corrected chi connectivity index (χ0v) is 9.80. The standard InChI is InChI=1S/C11H18N4O/c1-9-7-15(6-4-11(9)13-16)8-10-3-5-14(2)12-10/h3,5,9,16H,4,6-8H2,1-2H3/b13-11+. The molecule has 1 aromatic heterocycles. The van der Waals surface area contributed by atoms with Gasteiger partial charge in [0.05, 0.1) is 11.4 Å². The van der Waals surface area contributed by atoms with E-state index in [2.05, 4.69) is 22.1 Å². The highest BCUT2D eigenvalue weighted by Crippen LogP contribution is 2.15. The second kappa shape index (κ2) is 4.65. The van der Waals surface area contributed by atoms with Crippen molar-refractivity contribution in [2.24, 2.45) is 18.1 Å². The molecule has 2 heterocycles. The number of hydrogen-bond donors (Lipinski definition) is 1. The second-order valence-corrected chi connectivity index (χ2v) is 4.46. The quantitative estimate of drug-likeness (QED) is 0.602. The maximum atomic E-state index is 8.79. The third kappa shape index (κ3) is 2.41. The summed E-state index contributed by atoms with van der Waals surface area (Å²) in [5.41, 5.74) is 2.01.